The maximum absolute atomic E-state index is 11.1. The Hall–Kier alpha value is -1.51. The normalized spacial score (nSPS) is 10.4. The first-order valence-electron chi connectivity index (χ1n) is 6.14. The van der Waals surface area contributed by atoms with Gasteiger partial charge in [-0.2, -0.15) is 0 Å². The van der Waals surface area contributed by atoms with Crippen LogP contribution in [-0.2, 0) is 6.61 Å². The lowest BCUT2D eigenvalue weighted by Crippen LogP contribution is -2.00. The average molecular weight is 309 g/mol. The number of benzene rings is 2. The fourth-order valence-electron chi connectivity index (χ4n) is 2.13. The van der Waals surface area contributed by atoms with Gasteiger partial charge in [-0.25, -0.2) is 0 Å². The van der Waals surface area contributed by atoms with E-state index >= 15 is 0 Å². The Kier molecular flexibility index (Phi) is 4.69. The van der Waals surface area contributed by atoms with Crippen molar-refractivity contribution in [1.29, 1.82) is 0 Å². The van der Waals surface area contributed by atoms with Crippen LogP contribution in [-0.4, -0.2) is 6.29 Å². The quantitative estimate of drug-likeness (QED) is 0.743. The molecule has 0 atom stereocenters. The highest BCUT2D eigenvalue weighted by atomic mass is 35.5. The molecule has 0 fully saturated rings. The first-order chi connectivity index (χ1) is 9.49. The van der Waals surface area contributed by atoms with E-state index in [1.807, 2.05) is 26.0 Å². The summed E-state index contributed by atoms with van der Waals surface area (Å²) < 4.78 is 5.69. The van der Waals surface area contributed by atoms with Gasteiger partial charge in [0.25, 0.3) is 0 Å². The van der Waals surface area contributed by atoms with Crippen molar-refractivity contribution in [3.8, 4) is 5.75 Å². The number of aryl methyl sites for hydroxylation is 2. The molecule has 0 aliphatic carbocycles. The minimum atomic E-state index is 0.337. The zero-order chi connectivity index (χ0) is 14.7. The minimum Gasteiger partial charge on any atom is -0.487 e. The topological polar surface area (TPSA) is 26.3 Å². The van der Waals surface area contributed by atoms with Gasteiger partial charge in [0.2, 0.25) is 0 Å². The molecule has 2 rings (SSSR count). The fourth-order valence-corrected chi connectivity index (χ4v) is 2.69. The van der Waals surface area contributed by atoms with E-state index in [0.717, 1.165) is 5.56 Å². The van der Waals surface area contributed by atoms with Crippen LogP contribution in [0.25, 0.3) is 0 Å². The number of carbonyl (C=O) groups is 1. The van der Waals surface area contributed by atoms with Gasteiger partial charge in [0.05, 0.1) is 10.6 Å². The lowest BCUT2D eigenvalue weighted by molar-refractivity contribution is 0.111. The zero-order valence-corrected chi connectivity index (χ0v) is 12.8. The third-order valence-corrected chi connectivity index (χ3v) is 3.33. The second-order valence-corrected chi connectivity index (χ2v) is 5.55. The second kappa shape index (κ2) is 6.29. The van der Waals surface area contributed by atoms with Gasteiger partial charge in [0.1, 0.15) is 12.4 Å². The number of rotatable bonds is 4. The van der Waals surface area contributed by atoms with E-state index in [4.69, 9.17) is 27.9 Å². The summed E-state index contributed by atoms with van der Waals surface area (Å²) in [4.78, 5) is 11.1. The lowest BCUT2D eigenvalue weighted by Gasteiger charge is -2.12. The van der Waals surface area contributed by atoms with Crippen LogP contribution in [0.5, 0.6) is 5.75 Å². The summed E-state index contributed by atoms with van der Waals surface area (Å²) in [5, 5.41) is 0.750. The molecule has 0 bridgehead atoms. The summed E-state index contributed by atoms with van der Waals surface area (Å²) in [6, 6.07) is 9.27. The van der Waals surface area contributed by atoms with Crippen LogP contribution < -0.4 is 4.74 Å². The van der Waals surface area contributed by atoms with E-state index in [1.165, 1.54) is 17.2 Å². The zero-order valence-electron chi connectivity index (χ0n) is 11.2. The van der Waals surface area contributed by atoms with E-state index < -0.39 is 0 Å². The van der Waals surface area contributed by atoms with Crippen molar-refractivity contribution in [3.63, 3.8) is 0 Å². The summed E-state index contributed by atoms with van der Waals surface area (Å²) in [5.74, 6) is 0.366. The van der Waals surface area contributed by atoms with Gasteiger partial charge in [0, 0.05) is 5.02 Å². The molecule has 0 radical (unpaired) electrons. The number of hydrogen-bond donors (Lipinski definition) is 0. The first kappa shape index (κ1) is 14.9. The lowest BCUT2D eigenvalue weighted by atomic mass is 10.1. The van der Waals surface area contributed by atoms with Crippen LogP contribution in [0.1, 0.15) is 27.0 Å². The predicted octanol–water partition coefficient (Wildman–Crippen LogP) is 5.00. The van der Waals surface area contributed by atoms with Gasteiger partial charge < -0.3 is 4.74 Å². The van der Waals surface area contributed by atoms with Crippen molar-refractivity contribution >= 4 is 29.5 Å². The molecule has 0 aromatic heterocycles. The highest BCUT2D eigenvalue weighted by molar-refractivity contribution is 6.36. The Bertz CT molecular complexity index is 631. The van der Waals surface area contributed by atoms with Crippen molar-refractivity contribution in [2.45, 2.75) is 20.5 Å². The molecule has 2 aromatic rings. The summed E-state index contributed by atoms with van der Waals surface area (Å²) in [7, 11) is 0. The summed E-state index contributed by atoms with van der Waals surface area (Å²) in [6.45, 7) is 4.41. The highest BCUT2D eigenvalue weighted by Crippen LogP contribution is 2.32. The largest absolute Gasteiger partial charge is 0.487 e. The smallest absolute Gasteiger partial charge is 0.153 e. The highest BCUT2D eigenvalue weighted by Gasteiger charge is 2.10. The van der Waals surface area contributed by atoms with E-state index in [1.54, 1.807) is 6.07 Å². The molecule has 0 saturated heterocycles. The minimum absolute atomic E-state index is 0.337. The van der Waals surface area contributed by atoms with Gasteiger partial charge in [-0.3, -0.25) is 4.79 Å². The van der Waals surface area contributed by atoms with Crippen molar-refractivity contribution in [1.82, 2.24) is 0 Å². The number of halogens is 2. The molecular weight excluding hydrogens is 295 g/mol. The van der Waals surface area contributed by atoms with E-state index in [2.05, 4.69) is 6.07 Å². The van der Waals surface area contributed by atoms with Crippen LogP contribution in [0, 0.1) is 13.8 Å². The molecule has 0 amide bonds. The summed E-state index contributed by atoms with van der Waals surface area (Å²) in [6.07, 6.45) is 0.689. The molecule has 2 aromatic carbocycles. The van der Waals surface area contributed by atoms with Crippen LogP contribution >= 0.6 is 23.2 Å². The van der Waals surface area contributed by atoms with Crippen LogP contribution in [0.3, 0.4) is 0 Å². The number of carbonyl (C=O) groups excluding carboxylic acids is 1. The van der Waals surface area contributed by atoms with Crippen LogP contribution in [0.15, 0.2) is 30.3 Å². The third kappa shape index (κ3) is 3.53. The molecule has 2 nitrogen and oxygen atoms in total. The summed E-state index contributed by atoms with van der Waals surface area (Å²) >= 11 is 11.9. The van der Waals surface area contributed by atoms with Gasteiger partial charge in [0.15, 0.2) is 6.29 Å². The second-order valence-electron chi connectivity index (χ2n) is 4.71. The molecule has 104 valence electrons. The van der Waals surface area contributed by atoms with E-state index in [-0.39, 0.29) is 0 Å². The summed E-state index contributed by atoms with van der Waals surface area (Å²) in [5.41, 5.74) is 3.72. The molecule has 0 aliphatic heterocycles. The monoisotopic (exact) mass is 308 g/mol. The third-order valence-electron chi connectivity index (χ3n) is 2.83. The molecule has 0 heterocycles. The predicted molar refractivity (Wildman–Crippen MR) is 82.1 cm³/mol. The molecule has 4 heteroatoms. The van der Waals surface area contributed by atoms with Crippen LogP contribution in [0.4, 0.5) is 0 Å². The number of hydrogen-bond acceptors (Lipinski definition) is 2. The molecule has 0 aliphatic rings. The van der Waals surface area contributed by atoms with Crippen molar-refractivity contribution in [2.75, 3.05) is 0 Å². The van der Waals surface area contributed by atoms with Gasteiger partial charge >= 0.3 is 0 Å². The Morgan fingerprint density at radius 2 is 1.70 bits per heavy atom. The maximum Gasteiger partial charge on any atom is 0.153 e. The van der Waals surface area contributed by atoms with E-state index in [0.29, 0.717) is 34.3 Å². The van der Waals surface area contributed by atoms with Crippen molar-refractivity contribution in [3.05, 3.63) is 62.6 Å². The Morgan fingerprint density at radius 1 is 1.05 bits per heavy atom. The maximum atomic E-state index is 11.1. The van der Waals surface area contributed by atoms with Crippen molar-refractivity contribution in [2.24, 2.45) is 0 Å². The molecule has 0 spiro atoms. The molecule has 20 heavy (non-hydrogen) atoms. The first-order valence-corrected chi connectivity index (χ1v) is 6.89. The molecule has 0 unspecified atom stereocenters. The standard InChI is InChI=1S/C16H14Cl2O2/c1-10-3-11(2)5-12(4-10)9-20-16-13(8-19)6-14(17)7-15(16)18/h3-8H,9H2,1-2H3. The molecular formula is C16H14Cl2O2. The Balaban J connectivity index is 2.24. The fraction of sp³-hybridized carbons (Fsp3) is 0.188. The van der Waals surface area contributed by atoms with Gasteiger partial charge in [-0.15, -0.1) is 0 Å². The molecule has 0 saturated carbocycles. The Morgan fingerprint density at radius 3 is 2.30 bits per heavy atom. The Labute approximate surface area is 128 Å². The average Bonchev–Trinajstić information content (AvgIpc) is 2.35. The van der Waals surface area contributed by atoms with E-state index in [9.17, 15) is 4.79 Å². The number of aldehydes is 1. The number of ether oxygens (including phenoxy) is 1. The van der Waals surface area contributed by atoms with Gasteiger partial charge in [-0.1, -0.05) is 52.5 Å². The molecule has 0 N–H and O–H groups in total. The van der Waals surface area contributed by atoms with Crippen LogP contribution in [0.2, 0.25) is 10.0 Å². The SMILES string of the molecule is Cc1cc(C)cc(COc2c(Cl)cc(Cl)cc2C=O)c1. The van der Waals surface area contributed by atoms with Gasteiger partial charge in [-0.05, 0) is 31.5 Å². The van der Waals surface area contributed by atoms with Crippen molar-refractivity contribution < 1.29 is 9.53 Å².